The Labute approximate surface area is 83.4 Å². The largest absolute Gasteiger partial charge is 0.481 e. The normalized spacial score (nSPS) is 12.1. The molecule has 14 heavy (non-hydrogen) atoms. The number of carbonyl (C=O) groups excluding carboxylic acids is 1. The number of carboxylic acids is 1. The van der Waals surface area contributed by atoms with Gasteiger partial charge in [0, 0.05) is 0 Å². The molecule has 0 heterocycles. The Bertz CT molecular complexity index is 193. The first-order valence-electron chi connectivity index (χ1n) is 4.64. The maximum absolute atomic E-state index is 11.1. The van der Waals surface area contributed by atoms with Crippen LogP contribution < -0.4 is 5.32 Å². The second-order valence-electron chi connectivity index (χ2n) is 2.98. The van der Waals surface area contributed by atoms with E-state index in [1.54, 1.807) is 0 Å². The average Bonchev–Trinajstić information content (AvgIpc) is 2.15. The first-order chi connectivity index (χ1) is 6.61. The van der Waals surface area contributed by atoms with Gasteiger partial charge in [-0.25, -0.2) is 0 Å². The highest BCUT2D eigenvalue weighted by Crippen LogP contribution is 1.96. The van der Waals surface area contributed by atoms with Crippen LogP contribution in [0.2, 0.25) is 0 Å². The monoisotopic (exact) mass is 203 g/mol. The molecule has 0 aromatic rings. The third-order valence-corrected chi connectivity index (χ3v) is 1.79. The minimum Gasteiger partial charge on any atom is -0.481 e. The van der Waals surface area contributed by atoms with E-state index in [4.69, 9.17) is 5.11 Å². The van der Waals surface area contributed by atoms with Gasteiger partial charge in [-0.3, -0.25) is 9.59 Å². The molecule has 0 spiro atoms. The molecule has 1 atom stereocenters. The van der Waals surface area contributed by atoms with Gasteiger partial charge in [-0.15, -0.1) is 0 Å². The number of methoxy groups -OCH3 is 1. The van der Waals surface area contributed by atoms with Gasteiger partial charge in [0.1, 0.15) is 6.04 Å². The summed E-state index contributed by atoms with van der Waals surface area (Å²) in [7, 11) is 1.25. The number of carboxylic acid groups (broad SMARTS) is 1. The van der Waals surface area contributed by atoms with Crippen molar-refractivity contribution in [2.24, 2.45) is 0 Å². The van der Waals surface area contributed by atoms with Crippen molar-refractivity contribution < 1.29 is 19.4 Å². The van der Waals surface area contributed by atoms with Crippen LogP contribution in [0.3, 0.4) is 0 Å². The third kappa shape index (κ3) is 5.53. The van der Waals surface area contributed by atoms with Crippen LogP contribution >= 0.6 is 0 Å². The van der Waals surface area contributed by atoms with Gasteiger partial charge >= 0.3 is 11.9 Å². The summed E-state index contributed by atoms with van der Waals surface area (Å²) in [5.74, 6) is -1.53. The average molecular weight is 203 g/mol. The second-order valence-corrected chi connectivity index (χ2v) is 2.98. The van der Waals surface area contributed by atoms with Crippen LogP contribution in [0.25, 0.3) is 0 Å². The molecule has 0 aliphatic carbocycles. The maximum Gasteiger partial charge on any atom is 0.323 e. The maximum atomic E-state index is 11.1. The number of hydrogen-bond acceptors (Lipinski definition) is 4. The number of rotatable bonds is 7. The molecule has 0 rings (SSSR count). The number of nitrogens with one attached hydrogen (secondary N) is 1. The van der Waals surface area contributed by atoms with E-state index in [1.165, 1.54) is 7.11 Å². The Balaban J connectivity index is 3.97. The fourth-order valence-electron chi connectivity index (χ4n) is 1.01. The lowest BCUT2D eigenvalue weighted by Crippen LogP contribution is -2.39. The third-order valence-electron chi connectivity index (χ3n) is 1.79. The van der Waals surface area contributed by atoms with Crippen molar-refractivity contribution in [2.45, 2.75) is 32.2 Å². The summed E-state index contributed by atoms with van der Waals surface area (Å²) in [5.41, 5.74) is 0. The second kappa shape index (κ2) is 7.32. The molecule has 0 bridgehead atoms. The summed E-state index contributed by atoms with van der Waals surface area (Å²) in [4.78, 5) is 21.5. The molecule has 0 amide bonds. The summed E-state index contributed by atoms with van der Waals surface area (Å²) in [6, 6.07) is -0.732. The van der Waals surface area contributed by atoms with E-state index in [0.29, 0.717) is 6.54 Å². The molecule has 0 aliphatic rings. The van der Waals surface area contributed by atoms with Crippen molar-refractivity contribution >= 4 is 11.9 Å². The van der Waals surface area contributed by atoms with Crippen LogP contribution in [-0.2, 0) is 14.3 Å². The minimum atomic E-state index is -1.01. The zero-order valence-corrected chi connectivity index (χ0v) is 8.58. The summed E-state index contributed by atoms with van der Waals surface area (Å²) in [6.45, 7) is 2.65. The topological polar surface area (TPSA) is 75.6 Å². The standard InChI is InChI=1S/C9H17NO4/c1-3-4-5-10-7(6-8(11)12)9(13)14-2/h7,10H,3-6H2,1-2H3,(H,11,12). The Morgan fingerprint density at radius 3 is 2.57 bits per heavy atom. The van der Waals surface area contributed by atoms with Crippen LogP contribution in [0.1, 0.15) is 26.2 Å². The lowest BCUT2D eigenvalue weighted by molar-refractivity contribution is -0.148. The molecule has 0 saturated carbocycles. The molecular formula is C9H17NO4. The lowest BCUT2D eigenvalue weighted by atomic mass is 10.2. The number of ether oxygens (including phenoxy) is 1. The Kier molecular flexibility index (Phi) is 6.74. The first kappa shape index (κ1) is 12.9. The van der Waals surface area contributed by atoms with Crippen LogP contribution in [0.5, 0.6) is 0 Å². The van der Waals surface area contributed by atoms with Crippen molar-refractivity contribution in [3.05, 3.63) is 0 Å². The van der Waals surface area contributed by atoms with E-state index >= 15 is 0 Å². The van der Waals surface area contributed by atoms with Gasteiger partial charge in [0.2, 0.25) is 0 Å². The van der Waals surface area contributed by atoms with E-state index in [-0.39, 0.29) is 6.42 Å². The van der Waals surface area contributed by atoms with Gasteiger partial charge in [0.25, 0.3) is 0 Å². The number of hydrogen-bond donors (Lipinski definition) is 2. The number of unbranched alkanes of at least 4 members (excludes halogenated alkanes) is 1. The summed E-state index contributed by atoms with van der Waals surface area (Å²) >= 11 is 0. The number of esters is 1. The van der Waals surface area contributed by atoms with E-state index in [0.717, 1.165) is 12.8 Å². The van der Waals surface area contributed by atoms with Gasteiger partial charge in [-0.1, -0.05) is 13.3 Å². The highest BCUT2D eigenvalue weighted by molar-refractivity contribution is 5.81. The van der Waals surface area contributed by atoms with Crippen molar-refractivity contribution in [1.82, 2.24) is 5.32 Å². The van der Waals surface area contributed by atoms with Gasteiger partial charge in [0.15, 0.2) is 0 Å². The van der Waals surface area contributed by atoms with Crippen LogP contribution in [0, 0.1) is 0 Å². The van der Waals surface area contributed by atoms with Gasteiger partial charge in [0.05, 0.1) is 13.5 Å². The fourth-order valence-corrected chi connectivity index (χ4v) is 1.01. The number of carbonyl (C=O) groups is 2. The summed E-state index contributed by atoms with van der Waals surface area (Å²) in [6.07, 6.45) is 1.66. The predicted molar refractivity (Wildman–Crippen MR) is 51.0 cm³/mol. The van der Waals surface area contributed by atoms with Gasteiger partial charge < -0.3 is 15.2 Å². The van der Waals surface area contributed by atoms with Crippen molar-refractivity contribution in [2.75, 3.05) is 13.7 Å². The summed E-state index contributed by atoms with van der Waals surface area (Å²) < 4.78 is 4.48. The molecule has 0 fully saturated rings. The molecule has 0 aromatic carbocycles. The Morgan fingerprint density at radius 1 is 1.50 bits per heavy atom. The van der Waals surface area contributed by atoms with Crippen molar-refractivity contribution in [3.63, 3.8) is 0 Å². The molecule has 0 aromatic heterocycles. The highest BCUT2D eigenvalue weighted by Gasteiger charge is 2.21. The van der Waals surface area contributed by atoms with E-state index in [2.05, 4.69) is 10.1 Å². The smallest absolute Gasteiger partial charge is 0.323 e. The van der Waals surface area contributed by atoms with Crippen molar-refractivity contribution in [1.29, 1.82) is 0 Å². The Morgan fingerprint density at radius 2 is 2.14 bits per heavy atom. The summed E-state index contributed by atoms with van der Waals surface area (Å²) in [5, 5.41) is 11.4. The van der Waals surface area contributed by atoms with E-state index in [9.17, 15) is 9.59 Å². The predicted octanol–water partition coefficient (Wildman–Crippen LogP) is 0.392. The van der Waals surface area contributed by atoms with Crippen LogP contribution in [0.4, 0.5) is 0 Å². The van der Waals surface area contributed by atoms with E-state index in [1.807, 2.05) is 6.92 Å². The zero-order valence-electron chi connectivity index (χ0n) is 8.58. The van der Waals surface area contributed by atoms with Gasteiger partial charge in [-0.05, 0) is 13.0 Å². The molecule has 2 N–H and O–H groups in total. The Hall–Kier alpha value is -1.10. The molecule has 5 nitrogen and oxygen atoms in total. The lowest BCUT2D eigenvalue weighted by Gasteiger charge is -2.13. The highest BCUT2D eigenvalue weighted by atomic mass is 16.5. The van der Waals surface area contributed by atoms with E-state index < -0.39 is 18.0 Å². The fraction of sp³-hybridized carbons (Fsp3) is 0.778. The minimum absolute atomic E-state index is 0.240. The number of aliphatic carboxylic acids is 1. The van der Waals surface area contributed by atoms with Gasteiger partial charge in [-0.2, -0.15) is 0 Å². The molecule has 1 unspecified atom stereocenters. The molecule has 5 heteroatoms. The molecule has 0 aliphatic heterocycles. The van der Waals surface area contributed by atoms with Crippen molar-refractivity contribution in [3.8, 4) is 0 Å². The first-order valence-corrected chi connectivity index (χ1v) is 4.64. The molecule has 0 radical (unpaired) electrons. The molecule has 0 saturated heterocycles. The van der Waals surface area contributed by atoms with Crippen LogP contribution in [-0.4, -0.2) is 36.7 Å². The quantitative estimate of drug-likeness (QED) is 0.462. The molecule has 82 valence electrons. The molecular weight excluding hydrogens is 186 g/mol. The SMILES string of the molecule is CCCCNC(CC(=O)O)C(=O)OC. The zero-order chi connectivity index (χ0) is 11.0. The van der Waals surface area contributed by atoms with Crippen LogP contribution in [0.15, 0.2) is 0 Å².